The predicted molar refractivity (Wildman–Crippen MR) is 198 cm³/mol. The van der Waals surface area contributed by atoms with Gasteiger partial charge in [-0.3, -0.25) is 14.4 Å². The molecule has 1 saturated heterocycles. The van der Waals surface area contributed by atoms with E-state index in [9.17, 15) is 14.4 Å². The second-order valence-electron chi connectivity index (χ2n) is 12.5. The second-order valence-corrected chi connectivity index (χ2v) is 12.5. The molecule has 1 fully saturated rings. The summed E-state index contributed by atoms with van der Waals surface area (Å²) in [7, 11) is 4.70. The van der Waals surface area contributed by atoms with Crippen LogP contribution in [-0.2, 0) is 11.3 Å². The van der Waals surface area contributed by atoms with Gasteiger partial charge in [-0.2, -0.15) is 0 Å². The van der Waals surface area contributed by atoms with Crippen LogP contribution in [0.1, 0.15) is 39.3 Å². The Morgan fingerprint density at radius 3 is 2.22 bits per heavy atom. The minimum atomic E-state index is -0.582. The van der Waals surface area contributed by atoms with E-state index >= 15 is 0 Å². The van der Waals surface area contributed by atoms with E-state index in [-0.39, 0.29) is 22.7 Å². The summed E-state index contributed by atoms with van der Waals surface area (Å²) in [6.07, 6.45) is 4.83. The van der Waals surface area contributed by atoms with Gasteiger partial charge in [-0.05, 0) is 72.7 Å². The summed E-state index contributed by atoms with van der Waals surface area (Å²) in [6.45, 7) is 3.65. The Kier molecular flexibility index (Phi) is 10.5. The molecule has 4 N–H and O–H groups in total. The first-order chi connectivity index (χ1) is 24.7. The van der Waals surface area contributed by atoms with Gasteiger partial charge in [0, 0.05) is 56.0 Å². The van der Waals surface area contributed by atoms with Gasteiger partial charge < -0.3 is 35.1 Å². The van der Waals surface area contributed by atoms with Crippen molar-refractivity contribution in [3.63, 3.8) is 0 Å². The molecule has 0 spiro atoms. The van der Waals surface area contributed by atoms with Crippen molar-refractivity contribution >= 4 is 23.3 Å². The summed E-state index contributed by atoms with van der Waals surface area (Å²) in [5.74, 6) is 0.794. The summed E-state index contributed by atoms with van der Waals surface area (Å²) in [4.78, 5) is 45.8. The number of benzene rings is 3. The maximum atomic E-state index is 14.2. The van der Waals surface area contributed by atoms with E-state index in [1.54, 1.807) is 49.2 Å². The van der Waals surface area contributed by atoms with E-state index in [2.05, 4.69) is 15.6 Å². The van der Waals surface area contributed by atoms with Gasteiger partial charge in [0.2, 0.25) is 5.43 Å². The Morgan fingerprint density at radius 1 is 0.882 bits per heavy atom. The highest BCUT2D eigenvalue weighted by Crippen LogP contribution is 2.35. The third-order valence-corrected chi connectivity index (χ3v) is 9.19. The summed E-state index contributed by atoms with van der Waals surface area (Å²) in [5.41, 5.74) is 11.4. The third kappa shape index (κ3) is 7.48. The molecule has 1 aliphatic heterocycles. The van der Waals surface area contributed by atoms with E-state index in [0.717, 1.165) is 35.1 Å². The van der Waals surface area contributed by atoms with E-state index < -0.39 is 17.2 Å². The standard InChI is InChI=1S/C40H41N5O6/c1-24-5-7-27(8-6-24)35-36(40(48)42-2)45(22-25-15-17-51-18-16-25)23-32(37(35)46)39(47)44-30-12-9-26(10-13-30)31-19-29(21-43-38(31)41)28-11-14-33(49-3)34(20-28)50-4/h5-14,19-21,23,25H,15-18,22H2,1-4H3,(H2,41,43)(H,42,48)(H,44,47). The van der Waals surface area contributed by atoms with Crippen LogP contribution in [0, 0.1) is 12.8 Å². The van der Waals surface area contributed by atoms with Crippen molar-refractivity contribution in [3.05, 3.63) is 112 Å². The van der Waals surface area contributed by atoms with Gasteiger partial charge in [0.25, 0.3) is 11.8 Å². The predicted octanol–water partition coefficient (Wildman–Crippen LogP) is 6.19. The normalized spacial score (nSPS) is 13.0. The monoisotopic (exact) mass is 687 g/mol. The first-order valence-corrected chi connectivity index (χ1v) is 16.7. The second kappa shape index (κ2) is 15.3. The highest BCUT2D eigenvalue weighted by Gasteiger charge is 2.27. The Bertz CT molecular complexity index is 2120. The molecule has 51 heavy (non-hydrogen) atoms. The van der Waals surface area contributed by atoms with Crippen LogP contribution in [0.25, 0.3) is 33.4 Å². The number of methoxy groups -OCH3 is 2. The number of aryl methyl sites for hydroxylation is 1. The number of carbonyl (C=O) groups excluding carboxylic acids is 2. The molecule has 3 aromatic carbocycles. The molecule has 0 saturated carbocycles. The van der Waals surface area contributed by atoms with Crippen molar-refractivity contribution in [1.82, 2.24) is 14.9 Å². The highest BCUT2D eigenvalue weighted by molar-refractivity contribution is 6.07. The molecule has 11 nitrogen and oxygen atoms in total. The molecule has 6 rings (SSSR count). The lowest BCUT2D eigenvalue weighted by molar-refractivity contribution is 0.0607. The number of nitrogen functional groups attached to an aromatic ring is 1. The van der Waals surface area contributed by atoms with Crippen LogP contribution in [0.5, 0.6) is 11.5 Å². The van der Waals surface area contributed by atoms with Crippen molar-refractivity contribution in [2.24, 2.45) is 5.92 Å². The molecule has 2 aromatic heterocycles. The fourth-order valence-corrected chi connectivity index (χ4v) is 6.34. The number of nitrogens with zero attached hydrogens (tertiary/aromatic N) is 2. The molecule has 5 aromatic rings. The van der Waals surface area contributed by atoms with Crippen molar-refractivity contribution in [2.45, 2.75) is 26.3 Å². The lowest BCUT2D eigenvalue weighted by atomic mass is 9.96. The van der Waals surface area contributed by atoms with Crippen LogP contribution < -0.4 is 31.3 Å². The average molecular weight is 688 g/mol. The van der Waals surface area contributed by atoms with E-state index in [1.165, 1.54) is 13.2 Å². The Balaban J connectivity index is 1.33. The number of ether oxygens (including phenoxy) is 3. The first kappa shape index (κ1) is 34.9. The van der Waals surface area contributed by atoms with E-state index in [1.807, 2.05) is 55.5 Å². The fraction of sp³-hybridized carbons (Fsp3) is 0.250. The minimum absolute atomic E-state index is 0.0644. The lowest BCUT2D eigenvalue weighted by Crippen LogP contribution is -2.33. The highest BCUT2D eigenvalue weighted by atomic mass is 16.5. The largest absolute Gasteiger partial charge is 0.493 e. The number of nitrogens with two attached hydrogens (primary N) is 1. The Morgan fingerprint density at radius 2 is 1.55 bits per heavy atom. The van der Waals surface area contributed by atoms with Gasteiger partial charge in [-0.25, -0.2) is 4.98 Å². The number of pyridine rings is 2. The van der Waals surface area contributed by atoms with Crippen molar-refractivity contribution in [3.8, 4) is 44.9 Å². The van der Waals surface area contributed by atoms with Crippen molar-refractivity contribution in [2.75, 3.05) is 45.5 Å². The van der Waals surface area contributed by atoms with Crippen LogP contribution in [0.3, 0.4) is 0 Å². The van der Waals surface area contributed by atoms with Crippen LogP contribution in [0.2, 0.25) is 0 Å². The maximum Gasteiger partial charge on any atom is 0.268 e. The van der Waals surface area contributed by atoms with Crippen molar-refractivity contribution < 1.29 is 23.8 Å². The number of anilines is 2. The summed E-state index contributed by atoms with van der Waals surface area (Å²) in [6, 6.07) is 22.1. The smallest absolute Gasteiger partial charge is 0.268 e. The topological polar surface area (TPSA) is 147 Å². The zero-order valence-corrected chi connectivity index (χ0v) is 29.1. The van der Waals surface area contributed by atoms with Gasteiger partial charge in [-0.1, -0.05) is 48.0 Å². The number of carbonyl (C=O) groups is 2. The van der Waals surface area contributed by atoms with Crippen LogP contribution in [-0.4, -0.2) is 55.8 Å². The number of rotatable bonds is 10. The first-order valence-electron chi connectivity index (χ1n) is 16.7. The molecule has 0 atom stereocenters. The molecular weight excluding hydrogens is 646 g/mol. The average Bonchev–Trinajstić information content (AvgIpc) is 3.16. The van der Waals surface area contributed by atoms with Gasteiger partial charge in [0.05, 0.1) is 19.8 Å². The molecule has 0 aliphatic carbocycles. The molecular formula is C40H41N5O6. The number of hydrogen-bond donors (Lipinski definition) is 3. The van der Waals surface area contributed by atoms with Crippen LogP contribution in [0.4, 0.5) is 11.5 Å². The molecule has 0 radical (unpaired) electrons. The Hall–Kier alpha value is -5.94. The number of aromatic nitrogens is 2. The van der Waals surface area contributed by atoms with Gasteiger partial charge in [-0.15, -0.1) is 0 Å². The van der Waals surface area contributed by atoms with Crippen LogP contribution in [0.15, 0.2) is 90.0 Å². The fourth-order valence-electron chi connectivity index (χ4n) is 6.34. The zero-order valence-electron chi connectivity index (χ0n) is 29.1. The molecule has 1 aliphatic rings. The Labute approximate surface area is 296 Å². The zero-order chi connectivity index (χ0) is 36.1. The SMILES string of the molecule is CNC(=O)c1c(-c2ccc(C)cc2)c(=O)c(C(=O)Nc2ccc(-c3cc(-c4ccc(OC)c(OC)c4)cnc3N)cc2)cn1CC1CCOCC1. The molecule has 11 heteroatoms. The molecule has 0 unspecified atom stereocenters. The molecule has 262 valence electrons. The summed E-state index contributed by atoms with van der Waals surface area (Å²) in [5, 5.41) is 5.58. The molecule has 0 bridgehead atoms. The van der Waals surface area contributed by atoms with Gasteiger partial charge >= 0.3 is 0 Å². The maximum absolute atomic E-state index is 14.2. The molecule has 2 amide bonds. The quantitative estimate of drug-likeness (QED) is 0.158. The lowest BCUT2D eigenvalue weighted by Gasteiger charge is -2.26. The minimum Gasteiger partial charge on any atom is -0.493 e. The third-order valence-electron chi connectivity index (χ3n) is 9.19. The summed E-state index contributed by atoms with van der Waals surface area (Å²) < 4.78 is 18.1. The number of hydrogen-bond acceptors (Lipinski definition) is 8. The number of amides is 2. The molecule has 3 heterocycles. The summed E-state index contributed by atoms with van der Waals surface area (Å²) >= 11 is 0. The van der Waals surface area contributed by atoms with Gasteiger partial charge in [0.15, 0.2) is 11.5 Å². The van der Waals surface area contributed by atoms with Crippen LogP contribution >= 0.6 is 0 Å². The van der Waals surface area contributed by atoms with E-state index in [0.29, 0.717) is 53.9 Å². The van der Waals surface area contributed by atoms with Crippen molar-refractivity contribution in [1.29, 1.82) is 0 Å². The van der Waals surface area contributed by atoms with Gasteiger partial charge in [0.1, 0.15) is 17.1 Å². The van der Waals surface area contributed by atoms with E-state index in [4.69, 9.17) is 19.9 Å². The number of nitrogens with one attached hydrogen (secondary N) is 2.